The van der Waals surface area contributed by atoms with Crippen LogP contribution in [0.15, 0.2) is 59.1 Å². The van der Waals surface area contributed by atoms with Gasteiger partial charge in [0, 0.05) is 22.7 Å². The zero-order valence-electron chi connectivity index (χ0n) is 24.3. The molecule has 10 heteroatoms. The van der Waals surface area contributed by atoms with Gasteiger partial charge in [0.25, 0.3) is 0 Å². The first-order chi connectivity index (χ1) is 20.7. The molecule has 0 spiro atoms. The van der Waals surface area contributed by atoms with E-state index in [0.29, 0.717) is 56.9 Å². The summed E-state index contributed by atoms with van der Waals surface area (Å²) in [6, 6.07) is 16.8. The molecule has 230 valence electrons. The van der Waals surface area contributed by atoms with Crippen LogP contribution in [0.2, 0.25) is 10.0 Å². The van der Waals surface area contributed by atoms with E-state index >= 15 is 0 Å². The summed E-state index contributed by atoms with van der Waals surface area (Å²) in [6.45, 7) is 1.13. The van der Waals surface area contributed by atoms with E-state index in [-0.39, 0.29) is 25.6 Å². The Morgan fingerprint density at radius 1 is 0.953 bits per heavy atom. The first-order valence-electron chi connectivity index (χ1n) is 14.6. The Kier molecular flexibility index (Phi) is 12.6. The van der Waals surface area contributed by atoms with Gasteiger partial charge in [-0.15, -0.1) is 0 Å². The number of hydrogen-bond acceptors (Lipinski definition) is 7. The van der Waals surface area contributed by atoms with Crippen molar-refractivity contribution in [3.05, 3.63) is 85.8 Å². The molecule has 1 saturated carbocycles. The second-order valence-corrected chi connectivity index (χ2v) is 12.5. The standard InChI is InChI=1S/C33H38BrCl2N3O4/c1-39(25-11-3-2-4-12-25)21-24-18-23(19-26(34)31(24)37)33(41)43-17-8-7-16-42-30(40)20-22-10-5-6-15-29(22)38-32-27(35)13-9-14-28(32)36/h5-6,9-10,13-15,18-19,25,38H,2-4,7-8,11-12,16-17,20-21,37H2,1H3. The number of esters is 2. The highest BCUT2D eigenvalue weighted by atomic mass is 79.9. The van der Waals surface area contributed by atoms with Crippen LogP contribution in [0.1, 0.15) is 66.4 Å². The van der Waals surface area contributed by atoms with Crippen LogP contribution in [-0.4, -0.2) is 43.1 Å². The molecule has 0 atom stereocenters. The molecule has 7 nitrogen and oxygen atoms in total. The fourth-order valence-corrected chi connectivity index (χ4v) is 6.23. The van der Waals surface area contributed by atoms with Crippen LogP contribution in [0, 0.1) is 0 Å². The zero-order chi connectivity index (χ0) is 30.8. The van der Waals surface area contributed by atoms with Gasteiger partial charge in [0.1, 0.15) is 0 Å². The van der Waals surface area contributed by atoms with Crippen LogP contribution in [0.3, 0.4) is 0 Å². The SMILES string of the molecule is CN(Cc1cc(C(=O)OCCCCOC(=O)Cc2ccccc2Nc2c(Cl)cccc2Cl)cc(Br)c1N)C1CCCCC1. The summed E-state index contributed by atoms with van der Waals surface area (Å²) in [5, 5.41) is 4.19. The number of nitrogen functional groups attached to an aromatic ring is 1. The van der Waals surface area contributed by atoms with Crippen LogP contribution in [0.4, 0.5) is 17.1 Å². The van der Waals surface area contributed by atoms with Crippen molar-refractivity contribution < 1.29 is 19.1 Å². The third kappa shape index (κ3) is 9.60. The van der Waals surface area contributed by atoms with Gasteiger partial charge in [0.2, 0.25) is 0 Å². The number of nitrogens with zero attached hydrogens (tertiary/aromatic N) is 1. The van der Waals surface area contributed by atoms with Gasteiger partial charge in [-0.3, -0.25) is 9.69 Å². The first kappa shape index (κ1) is 33.1. The third-order valence-corrected chi connectivity index (χ3v) is 8.96. The van der Waals surface area contributed by atoms with E-state index in [2.05, 4.69) is 33.2 Å². The number of nitrogens with two attached hydrogens (primary N) is 1. The highest BCUT2D eigenvalue weighted by Crippen LogP contribution is 2.34. The topological polar surface area (TPSA) is 93.9 Å². The lowest BCUT2D eigenvalue weighted by molar-refractivity contribution is -0.143. The molecular formula is C33H38BrCl2N3O4. The molecule has 0 saturated heterocycles. The fraction of sp³-hybridized carbons (Fsp3) is 0.394. The number of carbonyl (C=O) groups excluding carboxylic acids is 2. The summed E-state index contributed by atoms with van der Waals surface area (Å²) in [7, 11) is 2.12. The molecule has 43 heavy (non-hydrogen) atoms. The number of unbranched alkanes of at least 4 members (excludes halogenated alkanes) is 1. The average Bonchev–Trinajstić information content (AvgIpc) is 3.00. The largest absolute Gasteiger partial charge is 0.465 e. The minimum atomic E-state index is -0.401. The summed E-state index contributed by atoms with van der Waals surface area (Å²) >= 11 is 16.1. The number of anilines is 3. The van der Waals surface area contributed by atoms with Crippen LogP contribution in [0.25, 0.3) is 0 Å². The molecule has 0 aromatic heterocycles. The lowest BCUT2D eigenvalue weighted by Crippen LogP contribution is -2.33. The Balaban J connectivity index is 1.20. The first-order valence-corrected chi connectivity index (χ1v) is 16.2. The maximum Gasteiger partial charge on any atom is 0.338 e. The Labute approximate surface area is 272 Å². The number of nitrogens with one attached hydrogen (secondary N) is 1. The molecule has 0 unspecified atom stereocenters. The van der Waals surface area contributed by atoms with Crippen molar-refractivity contribution in [2.75, 3.05) is 31.3 Å². The Hall–Kier alpha value is -2.78. The highest BCUT2D eigenvalue weighted by Gasteiger charge is 2.21. The summed E-state index contributed by atoms with van der Waals surface area (Å²) in [6.07, 6.45) is 7.42. The molecule has 0 bridgehead atoms. The predicted octanol–water partition coefficient (Wildman–Crippen LogP) is 8.57. The van der Waals surface area contributed by atoms with Gasteiger partial charge in [-0.25, -0.2) is 4.79 Å². The molecule has 0 aliphatic heterocycles. The van der Waals surface area contributed by atoms with Gasteiger partial charge in [-0.05, 0) is 90.1 Å². The van der Waals surface area contributed by atoms with Crippen molar-refractivity contribution in [2.24, 2.45) is 0 Å². The molecular weight excluding hydrogens is 653 g/mol. The van der Waals surface area contributed by atoms with E-state index in [1.54, 1.807) is 24.3 Å². The number of ether oxygens (including phenoxy) is 2. The molecule has 1 aliphatic rings. The Morgan fingerprint density at radius 3 is 2.35 bits per heavy atom. The quantitative estimate of drug-likeness (QED) is 0.105. The minimum Gasteiger partial charge on any atom is -0.465 e. The van der Waals surface area contributed by atoms with Gasteiger partial charge in [0.05, 0.1) is 46.6 Å². The van der Waals surface area contributed by atoms with Crippen molar-refractivity contribution in [1.29, 1.82) is 0 Å². The highest BCUT2D eigenvalue weighted by molar-refractivity contribution is 9.10. The number of hydrogen-bond donors (Lipinski definition) is 2. The molecule has 0 radical (unpaired) electrons. The second kappa shape index (κ2) is 16.3. The van der Waals surface area contributed by atoms with Crippen molar-refractivity contribution in [3.63, 3.8) is 0 Å². The maximum absolute atomic E-state index is 12.8. The van der Waals surface area contributed by atoms with Crippen molar-refractivity contribution in [1.82, 2.24) is 4.90 Å². The van der Waals surface area contributed by atoms with E-state index < -0.39 is 5.97 Å². The van der Waals surface area contributed by atoms with Crippen LogP contribution < -0.4 is 11.1 Å². The van der Waals surface area contributed by atoms with Crippen LogP contribution >= 0.6 is 39.1 Å². The summed E-state index contributed by atoms with van der Waals surface area (Å²) < 4.78 is 11.6. The summed E-state index contributed by atoms with van der Waals surface area (Å²) in [5.74, 6) is -0.754. The number of halogens is 3. The smallest absolute Gasteiger partial charge is 0.338 e. The fourth-order valence-electron chi connectivity index (χ4n) is 5.24. The zero-order valence-corrected chi connectivity index (χ0v) is 27.4. The number of rotatable bonds is 13. The minimum absolute atomic E-state index is 0.0878. The van der Waals surface area contributed by atoms with Gasteiger partial charge in [-0.2, -0.15) is 0 Å². The van der Waals surface area contributed by atoms with Gasteiger partial charge < -0.3 is 20.5 Å². The molecule has 1 fully saturated rings. The van der Waals surface area contributed by atoms with E-state index in [9.17, 15) is 9.59 Å². The number of para-hydroxylation sites is 2. The summed E-state index contributed by atoms with van der Waals surface area (Å²) in [5.41, 5.74) is 10.4. The Bertz CT molecular complexity index is 1390. The van der Waals surface area contributed by atoms with E-state index in [1.165, 1.54) is 32.1 Å². The van der Waals surface area contributed by atoms with Crippen molar-refractivity contribution in [3.8, 4) is 0 Å². The molecule has 3 aromatic carbocycles. The normalized spacial score (nSPS) is 13.6. The van der Waals surface area contributed by atoms with Gasteiger partial charge in [-0.1, -0.05) is 66.7 Å². The summed E-state index contributed by atoms with van der Waals surface area (Å²) in [4.78, 5) is 27.7. The van der Waals surface area contributed by atoms with Gasteiger partial charge in [0.15, 0.2) is 0 Å². The molecule has 4 rings (SSSR count). The lowest BCUT2D eigenvalue weighted by Gasteiger charge is -2.31. The maximum atomic E-state index is 12.8. The predicted molar refractivity (Wildman–Crippen MR) is 177 cm³/mol. The lowest BCUT2D eigenvalue weighted by atomic mass is 9.94. The molecule has 0 amide bonds. The van der Waals surface area contributed by atoms with E-state index in [4.69, 9.17) is 38.4 Å². The van der Waals surface area contributed by atoms with Crippen molar-refractivity contribution >= 4 is 68.1 Å². The Morgan fingerprint density at radius 2 is 1.63 bits per heavy atom. The average molecular weight is 691 g/mol. The third-order valence-electron chi connectivity index (χ3n) is 7.68. The van der Waals surface area contributed by atoms with Crippen molar-refractivity contribution in [2.45, 2.75) is 64.0 Å². The number of carbonyl (C=O) groups is 2. The van der Waals surface area contributed by atoms with Gasteiger partial charge >= 0.3 is 11.9 Å². The van der Waals surface area contributed by atoms with E-state index in [0.717, 1.165) is 16.8 Å². The molecule has 3 aromatic rings. The monoisotopic (exact) mass is 689 g/mol. The van der Waals surface area contributed by atoms with Crippen LogP contribution in [0.5, 0.6) is 0 Å². The van der Waals surface area contributed by atoms with Crippen LogP contribution in [-0.2, 0) is 27.2 Å². The molecule has 3 N–H and O–H groups in total. The molecule has 0 heterocycles. The number of benzene rings is 3. The van der Waals surface area contributed by atoms with E-state index in [1.807, 2.05) is 30.3 Å². The molecule has 1 aliphatic carbocycles. The second-order valence-electron chi connectivity index (χ2n) is 10.9.